The number of nitrogens with one attached hydrogen (secondary N) is 2. The van der Waals surface area contributed by atoms with Crippen molar-refractivity contribution in [2.75, 3.05) is 52.4 Å². The molecule has 6 rings (SSSR count). The molecule has 41 heavy (non-hydrogen) atoms. The minimum absolute atomic E-state index is 0.460. The van der Waals surface area contributed by atoms with E-state index in [1.165, 1.54) is 0 Å². The highest BCUT2D eigenvalue weighted by molar-refractivity contribution is 6.34. The molecule has 1 aromatic heterocycles. The minimum atomic E-state index is -0.585. The van der Waals surface area contributed by atoms with Crippen LogP contribution in [0.2, 0.25) is 15.2 Å². The lowest BCUT2D eigenvalue weighted by Crippen LogP contribution is -2.54. The second kappa shape index (κ2) is 11.8. The van der Waals surface area contributed by atoms with E-state index in [1.807, 2.05) is 24.3 Å². The van der Waals surface area contributed by atoms with Crippen molar-refractivity contribution in [3.05, 3.63) is 104 Å². The molecule has 6 nitrogen and oxygen atoms in total. The Bertz CT molecular complexity index is 1520. The van der Waals surface area contributed by atoms with E-state index in [9.17, 15) is 0 Å². The Hall–Kier alpha value is -2.29. The Labute approximate surface area is 257 Å². The number of hydrogen-bond donors (Lipinski definition) is 2. The highest BCUT2D eigenvalue weighted by atomic mass is 35.5. The van der Waals surface area contributed by atoms with Gasteiger partial charge in [0, 0.05) is 67.8 Å². The summed E-state index contributed by atoms with van der Waals surface area (Å²) in [4.78, 5) is 15.3. The first-order chi connectivity index (χ1) is 19.8. The lowest BCUT2D eigenvalue weighted by Gasteiger charge is -2.45. The van der Waals surface area contributed by atoms with Crippen molar-refractivity contribution in [1.29, 1.82) is 0 Å². The molecule has 2 saturated heterocycles. The van der Waals surface area contributed by atoms with Gasteiger partial charge in [0.15, 0.2) is 5.82 Å². The van der Waals surface area contributed by atoms with Gasteiger partial charge in [-0.15, -0.1) is 0 Å². The number of fused-ring (bicyclic) bond motifs is 1. The molecule has 9 heteroatoms. The van der Waals surface area contributed by atoms with Gasteiger partial charge in [-0.05, 0) is 60.9 Å². The zero-order chi connectivity index (χ0) is 28.6. The fourth-order valence-corrected chi connectivity index (χ4v) is 7.03. The average molecular weight is 610 g/mol. The van der Waals surface area contributed by atoms with Gasteiger partial charge >= 0.3 is 0 Å². The Morgan fingerprint density at radius 2 is 1.12 bits per heavy atom. The van der Waals surface area contributed by atoms with E-state index in [0.717, 1.165) is 85.0 Å². The third-order valence-corrected chi connectivity index (χ3v) is 9.73. The number of piperazine rings is 2. The minimum Gasteiger partial charge on any atom is -0.314 e. The molecular formula is C32H35Cl3N6. The monoisotopic (exact) mass is 608 g/mol. The first kappa shape index (κ1) is 28.8. The summed E-state index contributed by atoms with van der Waals surface area (Å²) in [5.41, 5.74) is 3.12. The van der Waals surface area contributed by atoms with Crippen LogP contribution < -0.4 is 10.6 Å². The smallest absolute Gasteiger partial charge is 0.155 e. The van der Waals surface area contributed by atoms with Gasteiger partial charge in [0.2, 0.25) is 0 Å². The van der Waals surface area contributed by atoms with Crippen molar-refractivity contribution in [2.24, 2.45) is 0 Å². The number of aromatic nitrogens is 2. The molecular weight excluding hydrogens is 575 g/mol. The topological polar surface area (TPSA) is 56.3 Å². The second-order valence-electron chi connectivity index (χ2n) is 11.2. The number of hydrogen-bond acceptors (Lipinski definition) is 6. The molecule has 2 unspecified atom stereocenters. The molecule has 2 atom stereocenters. The maximum Gasteiger partial charge on any atom is 0.155 e. The van der Waals surface area contributed by atoms with Gasteiger partial charge in [0.1, 0.15) is 10.7 Å². The highest BCUT2D eigenvalue weighted by Crippen LogP contribution is 2.43. The van der Waals surface area contributed by atoms with Crippen LogP contribution in [0, 0.1) is 0 Å². The van der Waals surface area contributed by atoms with Gasteiger partial charge in [-0.25, -0.2) is 9.97 Å². The fraction of sp³-hybridized carbons (Fsp3) is 0.375. The van der Waals surface area contributed by atoms with Crippen LogP contribution in [0.3, 0.4) is 0 Å². The molecule has 0 spiro atoms. The molecule has 2 fully saturated rings. The van der Waals surface area contributed by atoms with E-state index in [-0.39, 0.29) is 0 Å². The molecule has 4 aromatic rings. The van der Waals surface area contributed by atoms with E-state index in [0.29, 0.717) is 16.0 Å². The molecule has 2 aliphatic rings. The van der Waals surface area contributed by atoms with E-state index in [1.54, 1.807) is 0 Å². The van der Waals surface area contributed by atoms with Crippen LogP contribution in [0.15, 0.2) is 66.7 Å². The standard InChI is InChI=1S/C32H35Cl3N6/c1-31(40-18-14-36-15-19-40,22-6-10-24(33)11-7-22)26-4-3-5-27-28(26)29(35)39-30(38-27)32(2,41-20-16-37-17-21-41)23-8-12-25(34)13-9-23/h3-13,36-37H,14-21H2,1-2H3. The number of halogens is 3. The summed E-state index contributed by atoms with van der Waals surface area (Å²) in [5, 5.41) is 9.72. The van der Waals surface area contributed by atoms with Crippen molar-refractivity contribution in [1.82, 2.24) is 30.4 Å². The van der Waals surface area contributed by atoms with Crippen LogP contribution in [0.1, 0.15) is 36.4 Å². The fourth-order valence-electron chi connectivity index (χ4n) is 6.50. The zero-order valence-electron chi connectivity index (χ0n) is 23.4. The van der Waals surface area contributed by atoms with Crippen LogP contribution in [-0.2, 0) is 11.1 Å². The molecule has 0 radical (unpaired) electrons. The van der Waals surface area contributed by atoms with E-state index >= 15 is 0 Å². The molecule has 0 saturated carbocycles. The van der Waals surface area contributed by atoms with Crippen LogP contribution in [0.25, 0.3) is 10.9 Å². The summed E-state index contributed by atoms with van der Waals surface area (Å²) in [6, 6.07) is 22.5. The third-order valence-electron chi connectivity index (χ3n) is 8.95. The van der Waals surface area contributed by atoms with Crippen molar-refractivity contribution >= 4 is 45.7 Å². The van der Waals surface area contributed by atoms with E-state index in [2.05, 4.69) is 76.7 Å². The van der Waals surface area contributed by atoms with E-state index < -0.39 is 11.1 Å². The number of nitrogens with zero attached hydrogens (tertiary/aromatic N) is 4. The van der Waals surface area contributed by atoms with Gasteiger partial charge in [0.05, 0.1) is 11.1 Å². The zero-order valence-corrected chi connectivity index (χ0v) is 25.7. The van der Waals surface area contributed by atoms with Gasteiger partial charge in [0.25, 0.3) is 0 Å². The van der Waals surface area contributed by atoms with Crippen LogP contribution in [0.5, 0.6) is 0 Å². The molecule has 2 aliphatic heterocycles. The summed E-state index contributed by atoms with van der Waals surface area (Å²) >= 11 is 19.8. The largest absolute Gasteiger partial charge is 0.314 e. The molecule has 0 bridgehead atoms. The summed E-state index contributed by atoms with van der Waals surface area (Å²) in [6.45, 7) is 11.7. The SMILES string of the molecule is CC(c1ccc(Cl)cc1)(c1nc(Cl)c2c(C(C)(c3ccc(Cl)cc3)N3CCNCC3)cccc2n1)N1CCNCC1. The average Bonchev–Trinajstić information content (AvgIpc) is 3.01. The van der Waals surface area contributed by atoms with Crippen molar-refractivity contribution in [3.8, 4) is 0 Å². The summed E-state index contributed by atoms with van der Waals surface area (Å²) in [6.07, 6.45) is 0. The molecule has 0 aliphatic carbocycles. The Balaban J connectivity index is 1.54. The van der Waals surface area contributed by atoms with Crippen molar-refractivity contribution in [3.63, 3.8) is 0 Å². The van der Waals surface area contributed by atoms with Crippen LogP contribution in [0.4, 0.5) is 0 Å². The van der Waals surface area contributed by atoms with Crippen molar-refractivity contribution in [2.45, 2.75) is 24.9 Å². The number of rotatable bonds is 6. The highest BCUT2D eigenvalue weighted by Gasteiger charge is 2.41. The summed E-state index contributed by atoms with van der Waals surface area (Å²) in [5.74, 6) is 0.687. The second-order valence-corrected chi connectivity index (χ2v) is 12.4. The van der Waals surface area contributed by atoms with E-state index in [4.69, 9.17) is 44.8 Å². The first-order valence-corrected chi connectivity index (χ1v) is 15.4. The predicted octanol–water partition coefficient (Wildman–Crippen LogP) is 5.93. The third kappa shape index (κ3) is 5.25. The summed E-state index contributed by atoms with van der Waals surface area (Å²) < 4.78 is 0. The van der Waals surface area contributed by atoms with Gasteiger partial charge in [-0.2, -0.15) is 0 Å². The van der Waals surface area contributed by atoms with Gasteiger partial charge in [-0.1, -0.05) is 71.2 Å². The quantitative estimate of drug-likeness (QED) is 0.265. The molecule has 214 valence electrons. The predicted molar refractivity (Wildman–Crippen MR) is 169 cm³/mol. The normalized spacial score (nSPS) is 20.0. The Morgan fingerprint density at radius 3 is 1.66 bits per heavy atom. The molecule has 0 amide bonds. The Morgan fingerprint density at radius 1 is 0.634 bits per heavy atom. The lowest BCUT2D eigenvalue weighted by molar-refractivity contribution is 0.113. The van der Waals surface area contributed by atoms with Crippen LogP contribution >= 0.6 is 34.8 Å². The van der Waals surface area contributed by atoms with Crippen LogP contribution in [-0.4, -0.2) is 72.1 Å². The molecule has 3 aromatic carbocycles. The molecule has 2 N–H and O–H groups in total. The van der Waals surface area contributed by atoms with Gasteiger partial charge in [-0.3, -0.25) is 9.80 Å². The number of benzene rings is 3. The summed E-state index contributed by atoms with van der Waals surface area (Å²) in [7, 11) is 0. The van der Waals surface area contributed by atoms with Gasteiger partial charge < -0.3 is 10.6 Å². The molecule has 3 heterocycles. The maximum atomic E-state index is 7.23. The van der Waals surface area contributed by atoms with Crippen molar-refractivity contribution < 1.29 is 0 Å². The lowest BCUT2D eigenvalue weighted by atomic mass is 9.80. The Kier molecular flexibility index (Phi) is 8.27. The first-order valence-electron chi connectivity index (χ1n) is 14.2. The maximum absolute atomic E-state index is 7.23.